The minimum Gasteiger partial charge on any atom is -0.255 e. The molecular formula is C30H37N2+. The van der Waals surface area contributed by atoms with Crippen molar-refractivity contribution in [2.75, 3.05) is 11.4 Å². The Bertz CT molecular complexity index is 1020. The van der Waals surface area contributed by atoms with Crippen LogP contribution >= 0.6 is 0 Å². The second-order valence-corrected chi connectivity index (χ2v) is 9.73. The number of para-hydroxylation sites is 1. The Hall–Kier alpha value is -2.87. The first kappa shape index (κ1) is 22.3. The van der Waals surface area contributed by atoms with Crippen molar-refractivity contribution >= 4 is 11.5 Å². The largest absolute Gasteiger partial charge is 0.255 e. The predicted octanol–water partition coefficient (Wildman–Crippen LogP) is 6.80. The lowest BCUT2D eigenvalue weighted by Crippen LogP contribution is -2.38. The zero-order chi connectivity index (χ0) is 22.8. The quantitative estimate of drug-likeness (QED) is 0.394. The van der Waals surface area contributed by atoms with Gasteiger partial charge < -0.3 is 0 Å². The summed E-state index contributed by atoms with van der Waals surface area (Å²) in [5.41, 5.74) is 6.86. The van der Waals surface area contributed by atoms with Crippen LogP contribution in [0.3, 0.4) is 0 Å². The number of aryl methyl sites for hydroxylation is 2. The van der Waals surface area contributed by atoms with E-state index >= 15 is 0 Å². The Morgan fingerprint density at radius 2 is 1.22 bits per heavy atom. The topological polar surface area (TPSA) is 6.25 Å². The molecule has 0 spiro atoms. The van der Waals surface area contributed by atoms with Gasteiger partial charge in [-0.25, -0.2) is 4.90 Å². The maximum atomic E-state index is 2.71. The summed E-state index contributed by atoms with van der Waals surface area (Å²) in [4.78, 5) is 2.62. The van der Waals surface area contributed by atoms with Gasteiger partial charge in [0.05, 0.1) is 17.9 Å². The third kappa shape index (κ3) is 4.11. The second-order valence-electron chi connectivity index (χ2n) is 9.73. The van der Waals surface area contributed by atoms with E-state index in [1.165, 1.54) is 33.8 Å². The van der Waals surface area contributed by atoms with Crippen LogP contribution in [0.15, 0.2) is 78.9 Å². The molecular weight excluding hydrogens is 388 g/mol. The first-order chi connectivity index (χ1) is 15.4. The number of amidine groups is 1. The monoisotopic (exact) mass is 425 g/mol. The number of benzene rings is 3. The van der Waals surface area contributed by atoms with E-state index in [9.17, 15) is 0 Å². The van der Waals surface area contributed by atoms with E-state index < -0.39 is 0 Å². The molecule has 1 aliphatic rings. The summed E-state index contributed by atoms with van der Waals surface area (Å²) in [7, 11) is 0. The van der Waals surface area contributed by atoms with Crippen LogP contribution in [-0.2, 0) is 0 Å². The molecule has 0 saturated carbocycles. The molecule has 0 aliphatic carbocycles. The van der Waals surface area contributed by atoms with Crippen LogP contribution < -0.4 is 4.90 Å². The summed E-state index contributed by atoms with van der Waals surface area (Å²) < 4.78 is 2.71. The number of hydrogen-bond acceptors (Lipinski definition) is 1. The van der Waals surface area contributed by atoms with Crippen LogP contribution in [0.5, 0.6) is 0 Å². The highest BCUT2D eigenvalue weighted by Crippen LogP contribution is 2.37. The Kier molecular flexibility index (Phi) is 6.50. The Labute approximate surface area is 194 Å². The molecule has 0 fully saturated rings. The number of nitrogens with zero attached hydrogens (tertiary/aromatic N) is 2. The molecule has 3 aromatic rings. The van der Waals surface area contributed by atoms with Crippen LogP contribution in [0, 0.1) is 19.8 Å². The minimum absolute atomic E-state index is 0.308. The van der Waals surface area contributed by atoms with Gasteiger partial charge in [-0.3, -0.25) is 4.58 Å². The summed E-state index contributed by atoms with van der Waals surface area (Å²) in [5, 5.41) is 0. The average molecular weight is 426 g/mol. The summed E-state index contributed by atoms with van der Waals surface area (Å²) >= 11 is 0. The van der Waals surface area contributed by atoms with Crippen LogP contribution in [0.1, 0.15) is 55.9 Å². The van der Waals surface area contributed by atoms with Crippen LogP contribution in [0.2, 0.25) is 0 Å². The lowest BCUT2D eigenvalue weighted by atomic mass is 9.84. The van der Waals surface area contributed by atoms with E-state index in [0.717, 1.165) is 6.54 Å². The van der Waals surface area contributed by atoms with Gasteiger partial charge in [-0.15, -0.1) is 0 Å². The summed E-state index contributed by atoms with van der Waals surface area (Å²) in [6.07, 6.45) is 0. The molecule has 1 heterocycles. The lowest BCUT2D eigenvalue weighted by Gasteiger charge is -2.26. The highest BCUT2D eigenvalue weighted by atomic mass is 15.3. The maximum Gasteiger partial charge on any atom is 0.255 e. The molecule has 4 rings (SSSR count). The maximum absolute atomic E-state index is 2.71. The van der Waals surface area contributed by atoms with Crippen molar-refractivity contribution in [3.63, 3.8) is 0 Å². The van der Waals surface area contributed by atoms with Crippen molar-refractivity contribution in [2.45, 2.75) is 59.5 Å². The summed E-state index contributed by atoms with van der Waals surface area (Å²) in [6, 6.07) is 29.6. The Morgan fingerprint density at radius 3 is 1.66 bits per heavy atom. The molecule has 2 nitrogen and oxygen atoms in total. The first-order valence-electron chi connectivity index (χ1n) is 12.0. The molecule has 166 valence electrons. The zero-order valence-electron chi connectivity index (χ0n) is 20.4. The molecule has 1 aliphatic heterocycles. The Balaban J connectivity index is 1.92. The van der Waals surface area contributed by atoms with Gasteiger partial charge in [0.25, 0.3) is 5.84 Å². The second kappa shape index (κ2) is 9.32. The van der Waals surface area contributed by atoms with E-state index in [-0.39, 0.29) is 0 Å². The molecule has 1 atom stereocenters. The predicted molar refractivity (Wildman–Crippen MR) is 137 cm³/mol. The van der Waals surface area contributed by atoms with Gasteiger partial charge in [0.1, 0.15) is 18.3 Å². The van der Waals surface area contributed by atoms with E-state index in [1.807, 2.05) is 0 Å². The van der Waals surface area contributed by atoms with Crippen molar-refractivity contribution in [1.29, 1.82) is 0 Å². The Morgan fingerprint density at radius 1 is 0.719 bits per heavy atom. The molecule has 0 bridgehead atoms. The SMILES string of the molecule is Cc1cccc(C)c1N1C[C@@H](C(c2ccccc2)c2ccccc2)[N+](C(C)C)=C1C(C)C. The van der Waals surface area contributed by atoms with E-state index in [4.69, 9.17) is 0 Å². The lowest BCUT2D eigenvalue weighted by molar-refractivity contribution is -0.588. The smallest absolute Gasteiger partial charge is 0.255 e. The highest BCUT2D eigenvalue weighted by Gasteiger charge is 2.47. The normalized spacial score (nSPS) is 16.7. The van der Waals surface area contributed by atoms with Crippen LogP contribution in [0.25, 0.3) is 0 Å². The number of hydrogen-bond donors (Lipinski definition) is 0. The molecule has 0 radical (unpaired) electrons. The molecule has 0 unspecified atom stereocenters. The van der Waals surface area contributed by atoms with E-state index in [0.29, 0.717) is 23.9 Å². The molecule has 2 heteroatoms. The molecule has 3 aromatic carbocycles. The standard InChI is InChI=1S/C30H37N2/c1-21(2)30-31(29-23(5)14-13-15-24(29)6)20-27(32(30)22(3)4)28(25-16-9-7-10-17-25)26-18-11-8-12-19-26/h7-19,21-22,27-28H,20H2,1-6H3/q+1/t27-/m0/s1. The summed E-state index contributed by atoms with van der Waals surface area (Å²) in [6.45, 7) is 14.9. The van der Waals surface area contributed by atoms with Gasteiger partial charge in [-0.05, 0) is 49.9 Å². The van der Waals surface area contributed by atoms with Crippen molar-refractivity contribution < 1.29 is 4.58 Å². The van der Waals surface area contributed by atoms with Crippen molar-refractivity contribution in [2.24, 2.45) is 5.92 Å². The fourth-order valence-corrected chi connectivity index (χ4v) is 5.60. The third-order valence-corrected chi connectivity index (χ3v) is 6.75. The van der Waals surface area contributed by atoms with Gasteiger partial charge in [0.2, 0.25) is 0 Å². The van der Waals surface area contributed by atoms with Gasteiger partial charge >= 0.3 is 0 Å². The van der Waals surface area contributed by atoms with Gasteiger partial charge in [0.15, 0.2) is 0 Å². The van der Waals surface area contributed by atoms with Crippen molar-refractivity contribution in [1.82, 2.24) is 0 Å². The van der Waals surface area contributed by atoms with Crippen molar-refractivity contribution in [3.8, 4) is 0 Å². The van der Waals surface area contributed by atoms with Crippen molar-refractivity contribution in [3.05, 3.63) is 101 Å². The van der Waals surface area contributed by atoms with Gasteiger partial charge in [-0.2, -0.15) is 0 Å². The molecule has 0 aromatic heterocycles. The fourth-order valence-electron chi connectivity index (χ4n) is 5.60. The van der Waals surface area contributed by atoms with Gasteiger partial charge in [-0.1, -0.05) is 92.7 Å². The van der Waals surface area contributed by atoms with Gasteiger partial charge in [0, 0.05) is 0 Å². The third-order valence-electron chi connectivity index (χ3n) is 6.75. The number of rotatable bonds is 6. The fraction of sp³-hybridized carbons (Fsp3) is 0.367. The minimum atomic E-state index is 0.308. The van der Waals surface area contributed by atoms with Crippen LogP contribution in [-0.4, -0.2) is 29.0 Å². The summed E-state index contributed by atoms with van der Waals surface area (Å²) in [5.74, 6) is 2.19. The molecule has 0 amide bonds. The van der Waals surface area contributed by atoms with E-state index in [1.54, 1.807) is 0 Å². The van der Waals surface area contributed by atoms with E-state index in [2.05, 4.69) is 130 Å². The molecule has 0 saturated heterocycles. The average Bonchev–Trinajstić information content (AvgIpc) is 3.16. The zero-order valence-corrected chi connectivity index (χ0v) is 20.4. The van der Waals surface area contributed by atoms with Crippen LogP contribution in [0.4, 0.5) is 5.69 Å². The number of anilines is 1. The molecule has 0 N–H and O–H groups in total. The first-order valence-corrected chi connectivity index (χ1v) is 12.0. The molecule has 32 heavy (non-hydrogen) atoms. The highest BCUT2D eigenvalue weighted by molar-refractivity contribution is 5.98.